The van der Waals surface area contributed by atoms with Gasteiger partial charge in [-0.25, -0.2) is 5.01 Å². The first-order chi connectivity index (χ1) is 10.4. The molecule has 0 saturated heterocycles. The normalized spacial score (nSPS) is 10.3. The average molecular weight is 278 g/mol. The zero-order valence-electron chi connectivity index (χ0n) is 11.3. The quantitative estimate of drug-likeness (QED) is 0.571. The van der Waals surface area contributed by atoms with Gasteiger partial charge in [-0.1, -0.05) is 60.7 Å². The van der Waals surface area contributed by atoms with Crippen LogP contribution >= 0.6 is 0 Å². The fraction of sp³-hybridized carbons (Fsp3) is 0.0625. The molecule has 0 fully saturated rings. The molecule has 0 saturated carbocycles. The average Bonchev–Trinajstić information content (AvgIpc) is 3.04. The predicted octanol–water partition coefficient (Wildman–Crippen LogP) is 3.76. The third-order valence-corrected chi connectivity index (χ3v) is 3.19. The van der Waals surface area contributed by atoms with Crippen molar-refractivity contribution in [1.82, 2.24) is 10.2 Å². The molecule has 1 aromatic heterocycles. The van der Waals surface area contributed by atoms with Crippen LogP contribution in [0.2, 0.25) is 0 Å². The molecule has 1 heterocycles. The Kier molecular flexibility index (Phi) is 3.73. The Morgan fingerprint density at radius 2 is 1.67 bits per heavy atom. The molecule has 21 heavy (non-hydrogen) atoms. The van der Waals surface area contributed by atoms with E-state index in [0.29, 0.717) is 12.4 Å². The van der Waals surface area contributed by atoms with Crippen LogP contribution in [-0.4, -0.2) is 10.2 Å². The zero-order valence-corrected chi connectivity index (χ0v) is 11.3. The van der Waals surface area contributed by atoms with Gasteiger partial charge in [-0.3, -0.25) is 5.10 Å². The van der Waals surface area contributed by atoms with E-state index in [1.54, 1.807) is 0 Å². The van der Waals surface area contributed by atoms with Gasteiger partial charge in [-0.05, 0) is 11.1 Å². The molecule has 0 spiro atoms. The molecule has 3 rings (SSSR count). The molecule has 0 bridgehead atoms. The number of nitrogens with zero attached hydrogens (tertiary/aromatic N) is 3. The van der Waals surface area contributed by atoms with Crippen molar-refractivity contribution in [2.45, 2.75) is 6.54 Å². The van der Waals surface area contributed by atoms with E-state index in [1.807, 2.05) is 66.7 Å². The maximum absolute atomic E-state index is 11.1. The highest BCUT2D eigenvalue weighted by atomic mass is 16.3. The van der Waals surface area contributed by atoms with Crippen molar-refractivity contribution in [1.29, 1.82) is 0 Å². The van der Waals surface area contributed by atoms with Gasteiger partial charge in [0.1, 0.15) is 0 Å². The number of benzene rings is 2. The highest BCUT2D eigenvalue weighted by Crippen LogP contribution is 2.22. The fourth-order valence-electron chi connectivity index (χ4n) is 2.12. The summed E-state index contributed by atoms with van der Waals surface area (Å²) in [5.41, 5.74) is 2.87. The minimum absolute atomic E-state index is 0.392. The number of hydrogen-bond acceptors (Lipinski definition) is 3. The Morgan fingerprint density at radius 3 is 2.33 bits per heavy atom. The van der Waals surface area contributed by atoms with Crippen molar-refractivity contribution in [3.8, 4) is 11.3 Å². The molecule has 3 aromatic rings. The van der Waals surface area contributed by atoms with Gasteiger partial charge >= 0.3 is 0 Å². The number of anilines is 1. The van der Waals surface area contributed by atoms with Gasteiger partial charge in [0.25, 0.3) is 0 Å². The second kappa shape index (κ2) is 6.00. The molecule has 1 N–H and O–H groups in total. The van der Waals surface area contributed by atoms with Gasteiger partial charge in [0.15, 0.2) is 5.82 Å². The van der Waals surface area contributed by atoms with Crippen LogP contribution in [0.3, 0.4) is 0 Å². The SMILES string of the molecule is O=NN(Cc1ccccc1)c1cc(-c2ccccc2)[nH]n1. The van der Waals surface area contributed by atoms with Gasteiger partial charge in [-0.15, -0.1) is 4.91 Å². The summed E-state index contributed by atoms with van der Waals surface area (Å²) in [6.07, 6.45) is 0. The lowest BCUT2D eigenvalue weighted by Crippen LogP contribution is -2.14. The number of hydrogen-bond donors (Lipinski definition) is 1. The summed E-state index contributed by atoms with van der Waals surface area (Å²) in [5, 5.41) is 11.5. The molecule has 2 aromatic carbocycles. The topological polar surface area (TPSA) is 61.4 Å². The summed E-state index contributed by atoms with van der Waals surface area (Å²) < 4.78 is 0. The molecule has 5 nitrogen and oxygen atoms in total. The number of H-pyrrole nitrogens is 1. The third-order valence-electron chi connectivity index (χ3n) is 3.19. The predicted molar refractivity (Wildman–Crippen MR) is 82.4 cm³/mol. The highest BCUT2D eigenvalue weighted by Gasteiger charge is 2.12. The van der Waals surface area contributed by atoms with E-state index in [9.17, 15) is 4.91 Å². The van der Waals surface area contributed by atoms with Crippen molar-refractivity contribution >= 4 is 5.82 Å². The summed E-state index contributed by atoms with van der Waals surface area (Å²) in [5.74, 6) is 0.507. The summed E-state index contributed by atoms with van der Waals surface area (Å²) in [6.45, 7) is 0.392. The Hall–Kier alpha value is -2.95. The van der Waals surface area contributed by atoms with Gasteiger partial charge in [0, 0.05) is 6.07 Å². The molecule has 5 heteroatoms. The van der Waals surface area contributed by atoms with Crippen molar-refractivity contribution in [2.24, 2.45) is 5.29 Å². The maximum atomic E-state index is 11.1. The van der Waals surface area contributed by atoms with Gasteiger partial charge in [0.2, 0.25) is 0 Å². The number of aromatic amines is 1. The Balaban J connectivity index is 1.82. The molecule has 0 aliphatic carbocycles. The van der Waals surface area contributed by atoms with Crippen LogP contribution in [-0.2, 0) is 6.54 Å². The molecule has 104 valence electrons. The highest BCUT2D eigenvalue weighted by molar-refractivity contribution is 5.62. The van der Waals surface area contributed by atoms with Crippen molar-refractivity contribution in [2.75, 3.05) is 5.01 Å². The van der Waals surface area contributed by atoms with Crippen molar-refractivity contribution in [3.05, 3.63) is 77.2 Å². The summed E-state index contributed by atoms with van der Waals surface area (Å²) >= 11 is 0. The fourth-order valence-corrected chi connectivity index (χ4v) is 2.12. The number of nitrogens with one attached hydrogen (secondary N) is 1. The van der Waals surface area contributed by atoms with Crippen molar-refractivity contribution < 1.29 is 0 Å². The van der Waals surface area contributed by atoms with E-state index >= 15 is 0 Å². The Bertz CT molecular complexity index is 709. The van der Waals surface area contributed by atoms with Crippen LogP contribution in [0.5, 0.6) is 0 Å². The lowest BCUT2D eigenvalue weighted by molar-refractivity contribution is 0.821. The lowest BCUT2D eigenvalue weighted by Gasteiger charge is -2.11. The molecule has 0 radical (unpaired) electrons. The van der Waals surface area contributed by atoms with Crippen LogP contribution in [0.4, 0.5) is 5.82 Å². The second-order valence-corrected chi connectivity index (χ2v) is 4.63. The van der Waals surface area contributed by atoms with Crippen LogP contribution in [0.1, 0.15) is 5.56 Å². The largest absolute Gasteiger partial charge is 0.276 e. The van der Waals surface area contributed by atoms with Gasteiger partial charge in [-0.2, -0.15) is 5.10 Å². The van der Waals surface area contributed by atoms with E-state index in [1.165, 1.54) is 5.01 Å². The minimum atomic E-state index is 0.392. The number of nitroso groups, excluding NO2 is 1. The maximum Gasteiger partial charge on any atom is 0.174 e. The Morgan fingerprint density at radius 1 is 1.00 bits per heavy atom. The second-order valence-electron chi connectivity index (χ2n) is 4.63. The molecular weight excluding hydrogens is 264 g/mol. The van der Waals surface area contributed by atoms with Crippen LogP contribution in [0, 0.1) is 4.91 Å². The van der Waals surface area contributed by atoms with E-state index in [2.05, 4.69) is 15.5 Å². The molecule has 0 aliphatic rings. The monoisotopic (exact) mass is 278 g/mol. The van der Waals surface area contributed by atoms with E-state index in [0.717, 1.165) is 16.8 Å². The van der Waals surface area contributed by atoms with E-state index in [4.69, 9.17) is 0 Å². The van der Waals surface area contributed by atoms with Gasteiger partial charge in [0.05, 0.1) is 17.5 Å². The zero-order chi connectivity index (χ0) is 14.5. The van der Waals surface area contributed by atoms with Crippen molar-refractivity contribution in [3.63, 3.8) is 0 Å². The van der Waals surface area contributed by atoms with E-state index < -0.39 is 0 Å². The molecule has 0 aliphatic heterocycles. The Labute approximate surface area is 122 Å². The first-order valence-corrected chi connectivity index (χ1v) is 6.62. The first-order valence-electron chi connectivity index (χ1n) is 6.62. The van der Waals surface area contributed by atoms with Crippen LogP contribution in [0.25, 0.3) is 11.3 Å². The first kappa shape index (κ1) is 13.1. The van der Waals surface area contributed by atoms with E-state index in [-0.39, 0.29) is 0 Å². The number of rotatable bonds is 5. The van der Waals surface area contributed by atoms with Crippen LogP contribution < -0.4 is 5.01 Å². The van der Waals surface area contributed by atoms with Crippen LogP contribution in [0.15, 0.2) is 72.0 Å². The summed E-state index contributed by atoms with van der Waals surface area (Å²) in [4.78, 5) is 11.1. The molecule has 0 atom stereocenters. The van der Waals surface area contributed by atoms with Gasteiger partial charge < -0.3 is 0 Å². The molecule has 0 amide bonds. The number of aromatic nitrogens is 2. The molecule has 0 unspecified atom stereocenters. The lowest BCUT2D eigenvalue weighted by atomic mass is 10.1. The summed E-state index contributed by atoms with van der Waals surface area (Å²) in [7, 11) is 0. The minimum Gasteiger partial charge on any atom is -0.276 e. The smallest absolute Gasteiger partial charge is 0.174 e. The summed E-state index contributed by atoms with van der Waals surface area (Å²) in [6, 6.07) is 21.3. The standard InChI is InChI=1S/C16H14N4O/c21-19-20(12-13-7-3-1-4-8-13)16-11-15(17-18-16)14-9-5-2-6-10-14/h1-11H,12H2,(H,17,18). The third kappa shape index (κ3) is 2.97. The molecular formula is C16H14N4O.